The van der Waals surface area contributed by atoms with Crippen LogP contribution < -0.4 is 20.3 Å². The van der Waals surface area contributed by atoms with Gasteiger partial charge in [0.15, 0.2) is 0 Å². The Kier molecular flexibility index (Phi) is 5.46. The third-order valence-electron chi connectivity index (χ3n) is 3.57. The fourth-order valence-corrected chi connectivity index (χ4v) is 2.51. The largest absolute Gasteiger partial charge is 0.495 e. The quantitative estimate of drug-likeness (QED) is 0.731. The van der Waals surface area contributed by atoms with Crippen molar-refractivity contribution in [3.8, 4) is 5.75 Å². The minimum atomic E-state index is -0.927. The molecule has 1 aliphatic rings. The van der Waals surface area contributed by atoms with Gasteiger partial charge in [0.1, 0.15) is 5.75 Å². The van der Waals surface area contributed by atoms with Gasteiger partial charge in [-0.05, 0) is 18.6 Å². The van der Waals surface area contributed by atoms with Crippen molar-refractivity contribution in [1.29, 1.82) is 0 Å². The zero-order chi connectivity index (χ0) is 15.9. The summed E-state index contributed by atoms with van der Waals surface area (Å²) in [5, 5.41) is 13.9. The lowest BCUT2D eigenvalue weighted by molar-refractivity contribution is -0.136. The molecule has 2 amide bonds. The topological polar surface area (TPSA) is 90.9 Å². The average molecular weight is 307 g/mol. The number of benzene rings is 1. The van der Waals surface area contributed by atoms with Gasteiger partial charge in [-0.25, -0.2) is 4.79 Å². The van der Waals surface area contributed by atoms with E-state index in [2.05, 4.69) is 15.5 Å². The van der Waals surface area contributed by atoms with Gasteiger partial charge < -0.3 is 25.4 Å². The third kappa shape index (κ3) is 4.28. The maximum atomic E-state index is 11.7. The molecule has 7 heteroatoms. The molecule has 3 N–H and O–H groups in total. The number of nitrogens with zero attached hydrogens (tertiary/aromatic N) is 1. The molecule has 120 valence electrons. The standard InChI is InChI=1S/C15H21N3O4/c1-22-13-5-3-2-4-12(13)18-9-7-11(10-18)17-15(21)16-8-6-14(19)20/h2-5,11H,6-10H2,1H3,(H,19,20)(H2,16,17,21). The average Bonchev–Trinajstić information content (AvgIpc) is 2.95. The first kappa shape index (κ1) is 15.9. The van der Waals surface area contributed by atoms with Gasteiger partial charge >= 0.3 is 12.0 Å². The van der Waals surface area contributed by atoms with Crippen LogP contribution in [0.15, 0.2) is 24.3 Å². The Balaban J connectivity index is 1.82. The molecule has 0 aliphatic carbocycles. The highest BCUT2D eigenvalue weighted by Crippen LogP contribution is 2.30. The van der Waals surface area contributed by atoms with E-state index in [0.717, 1.165) is 24.4 Å². The monoisotopic (exact) mass is 307 g/mol. The summed E-state index contributed by atoms with van der Waals surface area (Å²) < 4.78 is 5.35. The second-order valence-corrected chi connectivity index (χ2v) is 5.15. The number of urea groups is 1. The van der Waals surface area contributed by atoms with Gasteiger partial charge in [0.05, 0.1) is 19.2 Å². The SMILES string of the molecule is COc1ccccc1N1CCC(NC(=O)NCCC(=O)O)C1. The normalized spacial score (nSPS) is 17.1. The predicted octanol–water partition coefficient (Wildman–Crippen LogP) is 1.05. The molecule has 7 nitrogen and oxygen atoms in total. The van der Waals surface area contributed by atoms with E-state index in [9.17, 15) is 9.59 Å². The summed E-state index contributed by atoms with van der Waals surface area (Å²) in [6.07, 6.45) is 0.760. The summed E-state index contributed by atoms with van der Waals surface area (Å²) in [5.74, 6) is -0.113. The fraction of sp³-hybridized carbons (Fsp3) is 0.467. The number of carboxylic acids is 1. The van der Waals surface area contributed by atoms with Crippen molar-refractivity contribution in [2.24, 2.45) is 0 Å². The Morgan fingerprint density at radius 3 is 2.91 bits per heavy atom. The summed E-state index contributed by atoms with van der Waals surface area (Å²) in [6, 6.07) is 7.49. The number of anilines is 1. The minimum Gasteiger partial charge on any atom is -0.495 e. The lowest BCUT2D eigenvalue weighted by Gasteiger charge is -2.21. The number of methoxy groups -OCH3 is 1. The van der Waals surface area contributed by atoms with Crippen molar-refractivity contribution in [3.63, 3.8) is 0 Å². The van der Waals surface area contributed by atoms with Gasteiger partial charge in [0.2, 0.25) is 0 Å². The number of rotatable bonds is 6. The number of para-hydroxylation sites is 2. The van der Waals surface area contributed by atoms with Crippen LogP contribution in [0.25, 0.3) is 0 Å². The van der Waals surface area contributed by atoms with E-state index >= 15 is 0 Å². The van der Waals surface area contributed by atoms with E-state index in [1.54, 1.807) is 7.11 Å². The van der Waals surface area contributed by atoms with Crippen LogP contribution >= 0.6 is 0 Å². The van der Waals surface area contributed by atoms with Gasteiger partial charge in [0, 0.05) is 25.7 Å². The third-order valence-corrected chi connectivity index (χ3v) is 3.57. The molecule has 0 bridgehead atoms. The summed E-state index contributed by atoms with van der Waals surface area (Å²) in [6.45, 7) is 1.66. The van der Waals surface area contributed by atoms with E-state index in [0.29, 0.717) is 6.54 Å². The number of nitrogens with one attached hydrogen (secondary N) is 2. The molecule has 2 rings (SSSR count). The van der Waals surface area contributed by atoms with Crippen LogP contribution in [-0.4, -0.2) is 49.9 Å². The number of hydrogen-bond donors (Lipinski definition) is 3. The highest BCUT2D eigenvalue weighted by Gasteiger charge is 2.25. The van der Waals surface area contributed by atoms with Crippen molar-refractivity contribution < 1.29 is 19.4 Å². The zero-order valence-electron chi connectivity index (χ0n) is 12.5. The lowest BCUT2D eigenvalue weighted by atomic mass is 10.2. The maximum absolute atomic E-state index is 11.7. The molecule has 1 atom stereocenters. The van der Waals surface area contributed by atoms with Gasteiger partial charge in [-0.15, -0.1) is 0 Å². The molecule has 1 unspecified atom stereocenters. The van der Waals surface area contributed by atoms with Gasteiger partial charge in [-0.3, -0.25) is 4.79 Å². The fourth-order valence-electron chi connectivity index (χ4n) is 2.51. The van der Waals surface area contributed by atoms with Crippen LogP contribution in [-0.2, 0) is 4.79 Å². The van der Waals surface area contributed by atoms with Gasteiger partial charge in [-0.1, -0.05) is 12.1 Å². The Bertz CT molecular complexity index is 535. The summed E-state index contributed by atoms with van der Waals surface area (Å²) in [7, 11) is 1.64. The van der Waals surface area contributed by atoms with Crippen LogP contribution in [0.3, 0.4) is 0 Å². The minimum absolute atomic E-state index is 0.0368. The second kappa shape index (κ2) is 7.53. The van der Waals surface area contributed by atoms with Crippen LogP contribution in [0.2, 0.25) is 0 Å². The maximum Gasteiger partial charge on any atom is 0.315 e. The highest BCUT2D eigenvalue weighted by atomic mass is 16.5. The second-order valence-electron chi connectivity index (χ2n) is 5.15. The van der Waals surface area contributed by atoms with Crippen molar-refractivity contribution >= 4 is 17.7 Å². The number of carboxylic acid groups (broad SMARTS) is 1. The molecule has 0 aromatic heterocycles. The van der Waals surface area contributed by atoms with E-state index in [4.69, 9.17) is 9.84 Å². The van der Waals surface area contributed by atoms with E-state index in [-0.39, 0.29) is 25.0 Å². The van der Waals surface area contributed by atoms with Gasteiger partial charge in [0.25, 0.3) is 0 Å². The summed E-state index contributed by atoms with van der Waals surface area (Å²) in [4.78, 5) is 24.3. The molecule has 0 radical (unpaired) electrons. The first-order valence-electron chi connectivity index (χ1n) is 7.24. The lowest BCUT2D eigenvalue weighted by Crippen LogP contribution is -2.43. The molecule has 0 saturated carbocycles. The molecular formula is C15H21N3O4. The van der Waals surface area contributed by atoms with Gasteiger partial charge in [-0.2, -0.15) is 0 Å². The molecule has 0 spiro atoms. The van der Waals surface area contributed by atoms with Crippen molar-refractivity contribution in [1.82, 2.24) is 10.6 Å². The van der Waals surface area contributed by atoms with Crippen LogP contribution in [0, 0.1) is 0 Å². The molecule has 1 heterocycles. The molecule has 1 aromatic carbocycles. The molecule has 22 heavy (non-hydrogen) atoms. The zero-order valence-corrected chi connectivity index (χ0v) is 12.5. The van der Waals surface area contributed by atoms with Crippen molar-refractivity contribution in [2.75, 3.05) is 31.6 Å². The van der Waals surface area contributed by atoms with E-state index in [1.807, 2.05) is 24.3 Å². The molecule has 1 saturated heterocycles. The Morgan fingerprint density at radius 1 is 1.41 bits per heavy atom. The first-order valence-corrected chi connectivity index (χ1v) is 7.24. The highest BCUT2D eigenvalue weighted by molar-refractivity contribution is 5.75. The van der Waals surface area contributed by atoms with Crippen LogP contribution in [0.4, 0.5) is 10.5 Å². The molecule has 1 aliphatic heterocycles. The van der Waals surface area contributed by atoms with E-state index in [1.165, 1.54) is 0 Å². The van der Waals surface area contributed by atoms with Crippen molar-refractivity contribution in [3.05, 3.63) is 24.3 Å². The molecular weight excluding hydrogens is 286 g/mol. The summed E-state index contributed by atoms with van der Waals surface area (Å²) in [5.41, 5.74) is 1.01. The number of amides is 2. The number of carbonyl (C=O) groups excluding carboxylic acids is 1. The number of ether oxygens (including phenoxy) is 1. The molecule has 1 fully saturated rings. The molecule has 1 aromatic rings. The predicted molar refractivity (Wildman–Crippen MR) is 82.4 cm³/mol. The number of aliphatic carboxylic acids is 1. The van der Waals surface area contributed by atoms with Crippen molar-refractivity contribution in [2.45, 2.75) is 18.9 Å². The Hall–Kier alpha value is -2.44. The Morgan fingerprint density at radius 2 is 2.18 bits per heavy atom. The van der Waals surface area contributed by atoms with Crippen LogP contribution in [0.1, 0.15) is 12.8 Å². The summed E-state index contributed by atoms with van der Waals surface area (Å²) >= 11 is 0. The number of hydrogen-bond acceptors (Lipinski definition) is 4. The van der Waals surface area contributed by atoms with Crippen LogP contribution in [0.5, 0.6) is 5.75 Å². The van der Waals surface area contributed by atoms with E-state index < -0.39 is 5.97 Å². The first-order chi connectivity index (χ1) is 10.6. The Labute approximate surface area is 129 Å². The number of carbonyl (C=O) groups is 2. The smallest absolute Gasteiger partial charge is 0.315 e.